The molecular formula is C16H20N2O2. The monoisotopic (exact) mass is 272 g/mol. The van der Waals surface area contributed by atoms with E-state index in [9.17, 15) is 0 Å². The van der Waals surface area contributed by atoms with E-state index in [1.807, 2.05) is 43.3 Å². The Morgan fingerprint density at radius 3 is 2.45 bits per heavy atom. The molecule has 0 unspecified atom stereocenters. The molecule has 0 aliphatic heterocycles. The van der Waals surface area contributed by atoms with Crippen LogP contribution < -0.4 is 20.5 Å². The number of aryl methyl sites for hydroxylation is 1. The maximum absolute atomic E-state index is 5.95. The maximum Gasteiger partial charge on any atom is 0.161 e. The van der Waals surface area contributed by atoms with Gasteiger partial charge in [-0.1, -0.05) is 12.1 Å². The van der Waals surface area contributed by atoms with Crippen molar-refractivity contribution in [2.75, 3.05) is 25.3 Å². The van der Waals surface area contributed by atoms with Crippen LogP contribution in [-0.4, -0.2) is 14.2 Å². The first-order chi connectivity index (χ1) is 9.63. The van der Waals surface area contributed by atoms with Gasteiger partial charge in [0, 0.05) is 6.54 Å². The number of rotatable bonds is 5. The first-order valence-electron chi connectivity index (χ1n) is 6.45. The fourth-order valence-electron chi connectivity index (χ4n) is 2.01. The zero-order chi connectivity index (χ0) is 14.5. The molecule has 0 bridgehead atoms. The molecule has 0 aromatic heterocycles. The number of ether oxygens (including phenoxy) is 2. The number of nitrogen functional groups attached to an aromatic ring is 1. The Balaban J connectivity index is 2.12. The van der Waals surface area contributed by atoms with Crippen molar-refractivity contribution < 1.29 is 9.47 Å². The lowest BCUT2D eigenvalue weighted by atomic mass is 10.1. The lowest BCUT2D eigenvalue weighted by Crippen LogP contribution is -2.03. The predicted octanol–water partition coefficient (Wildman–Crippen LogP) is 3.21. The summed E-state index contributed by atoms with van der Waals surface area (Å²) in [4.78, 5) is 0. The predicted molar refractivity (Wildman–Crippen MR) is 82.5 cm³/mol. The highest BCUT2D eigenvalue weighted by molar-refractivity contribution is 5.67. The van der Waals surface area contributed by atoms with E-state index in [-0.39, 0.29) is 0 Å². The van der Waals surface area contributed by atoms with E-state index in [0.717, 1.165) is 28.4 Å². The van der Waals surface area contributed by atoms with Gasteiger partial charge >= 0.3 is 0 Å². The third-order valence-electron chi connectivity index (χ3n) is 3.14. The molecule has 0 spiro atoms. The summed E-state index contributed by atoms with van der Waals surface area (Å²) in [5.74, 6) is 1.45. The molecule has 0 fully saturated rings. The zero-order valence-corrected chi connectivity index (χ0v) is 12.1. The van der Waals surface area contributed by atoms with Crippen molar-refractivity contribution in [3.8, 4) is 11.5 Å². The van der Waals surface area contributed by atoms with Crippen LogP contribution in [0.2, 0.25) is 0 Å². The Hall–Kier alpha value is -2.36. The topological polar surface area (TPSA) is 56.5 Å². The van der Waals surface area contributed by atoms with Gasteiger partial charge in [0.25, 0.3) is 0 Å². The van der Waals surface area contributed by atoms with Crippen LogP contribution in [0, 0.1) is 6.92 Å². The van der Waals surface area contributed by atoms with E-state index in [2.05, 4.69) is 5.32 Å². The van der Waals surface area contributed by atoms with Crippen molar-refractivity contribution in [3.05, 3.63) is 47.5 Å². The molecule has 0 aliphatic carbocycles. The first kappa shape index (κ1) is 14.1. The van der Waals surface area contributed by atoms with Gasteiger partial charge in [0.1, 0.15) is 0 Å². The first-order valence-corrected chi connectivity index (χ1v) is 6.45. The standard InChI is InChI=1S/C16H20N2O2/c1-11-4-6-13(17)14(8-11)18-10-12-5-7-15(19-2)16(9-12)20-3/h4-9,18H,10,17H2,1-3H3. The molecule has 3 N–H and O–H groups in total. The van der Waals surface area contributed by atoms with Crippen molar-refractivity contribution in [3.63, 3.8) is 0 Å². The van der Waals surface area contributed by atoms with E-state index in [1.54, 1.807) is 14.2 Å². The number of hydrogen-bond acceptors (Lipinski definition) is 4. The highest BCUT2D eigenvalue weighted by Crippen LogP contribution is 2.28. The lowest BCUT2D eigenvalue weighted by Gasteiger charge is -2.12. The summed E-state index contributed by atoms with van der Waals surface area (Å²) in [5, 5.41) is 3.34. The van der Waals surface area contributed by atoms with Crippen LogP contribution in [0.4, 0.5) is 11.4 Å². The molecule has 4 nitrogen and oxygen atoms in total. The molecule has 2 aromatic rings. The Bertz CT molecular complexity index is 597. The molecule has 2 aromatic carbocycles. The van der Waals surface area contributed by atoms with Crippen molar-refractivity contribution in [1.29, 1.82) is 0 Å². The van der Waals surface area contributed by atoms with Gasteiger partial charge in [0.15, 0.2) is 11.5 Å². The second-order valence-electron chi connectivity index (χ2n) is 4.63. The number of methoxy groups -OCH3 is 2. The summed E-state index contributed by atoms with van der Waals surface area (Å²) in [5.41, 5.74) is 9.91. The summed E-state index contributed by atoms with van der Waals surface area (Å²) in [6.07, 6.45) is 0. The number of anilines is 2. The van der Waals surface area contributed by atoms with E-state index in [4.69, 9.17) is 15.2 Å². The van der Waals surface area contributed by atoms with Crippen molar-refractivity contribution in [1.82, 2.24) is 0 Å². The third-order valence-corrected chi connectivity index (χ3v) is 3.14. The molecule has 2 rings (SSSR count). The normalized spacial score (nSPS) is 10.2. The molecule has 0 heterocycles. The van der Waals surface area contributed by atoms with Gasteiger partial charge in [-0.2, -0.15) is 0 Å². The third kappa shape index (κ3) is 3.15. The van der Waals surface area contributed by atoms with Gasteiger partial charge in [-0.25, -0.2) is 0 Å². The smallest absolute Gasteiger partial charge is 0.161 e. The molecule has 4 heteroatoms. The highest BCUT2D eigenvalue weighted by atomic mass is 16.5. The average Bonchev–Trinajstić information content (AvgIpc) is 2.47. The summed E-state index contributed by atoms with van der Waals surface area (Å²) in [6, 6.07) is 11.8. The second-order valence-corrected chi connectivity index (χ2v) is 4.63. The number of nitrogens with two attached hydrogens (primary N) is 1. The molecule has 106 valence electrons. The van der Waals surface area contributed by atoms with Crippen molar-refractivity contribution >= 4 is 11.4 Å². The number of benzene rings is 2. The number of hydrogen-bond donors (Lipinski definition) is 2. The molecule has 0 amide bonds. The minimum atomic E-state index is 0.675. The molecule has 0 aliphatic rings. The quantitative estimate of drug-likeness (QED) is 0.821. The summed E-state index contributed by atoms with van der Waals surface area (Å²) in [7, 11) is 3.26. The van der Waals surface area contributed by atoms with Crippen LogP contribution in [0.1, 0.15) is 11.1 Å². The van der Waals surface area contributed by atoms with Gasteiger partial charge < -0.3 is 20.5 Å². The van der Waals surface area contributed by atoms with E-state index < -0.39 is 0 Å². The van der Waals surface area contributed by atoms with Crippen LogP contribution >= 0.6 is 0 Å². The number of nitrogens with one attached hydrogen (secondary N) is 1. The Morgan fingerprint density at radius 1 is 1.00 bits per heavy atom. The SMILES string of the molecule is COc1ccc(CNc2cc(C)ccc2N)cc1OC. The van der Waals surface area contributed by atoms with Crippen molar-refractivity contribution in [2.45, 2.75) is 13.5 Å². The maximum atomic E-state index is 5.95. The summed E-state index contributed by atoms with van der Waals surface area (Å²) in [6.45, 7) is 2.72. The minimum absolute atomic E-state index is 0.675. The molecule has 0 saturated heterocycles. The van der Waals surface area contributed by atoms with Gasteiger partial charge in [-0.15, -0.1) is 0 Å². The Labute approximate surface area is 119 Å². The van der Waals surface area contributed by atoms with Crippen molar-refractivity contribution in [2.24, 2.45) is 0 Å². The van der Waals surface area contributed by atoms with Gasteiger partial charge in [0.05, 0.1) is 25.6 Å². The van der Waals surface area contributed by atoms with Gasteiger partial charge in [0.2, 0.25) is 0 Å². The lowest BCUT2D eigenvalue weighted by molar-refractivity contribution is 0.354. The van der Waals surface area contributed by atoms with Gasteiger partial charge in [-0.05, 0) is 42.3 Å². The summed E-state index contributed by atoms with van der Waals surface area (Å²) >= 11 is 0. The summed E-state index contributed by atoms with van der Waals surface area (Å²) < 4.78 is 10.5. The fraction of sp³-hybridized carbons (Fsp3) is 0.250. The van der Waals surface area contributed by atoms with Crippen LogP contribution in [0.25, 0.3) is 0 Å². The largest absolute Gasteiger partial charge is 0.493 e. The van der Waals surface area contributed by atoms with Crippen LogP contribution in [-0.2, 0) is 6.54 Å². The Kier molecular flexibility index (Phi) is 4.35. The van der Waals surface area contributed by atoms with Crippen LogP contribution in [0.3, 0.4) is 0 Å². The van der Waals surface area contributed by atoms with Crippen LogP contribution in [0.15, 0.2) is 36.4 Å². The Morgan fingerprint density at radius 2 is 1.75 bits per heavy atom. The van der Waals surface area contributed by atoms with Crippen LogP contribution in [0.5, 0.6) is 11.5 Å². The second kappa shape index (κ2) is 6.19. The molecular weight excluding hydrogens is 252 g/mol. The van der Waals surface area contributed by atoms with E-state index >= 15 is 0 Å². The van der Waals surface area contributed by atoms with E-state index in [1.165, 1.54) is 5.56 Å². The molecule has 0 radical (unpaired) electrons. The molecule has 0 saturated carbocycles. The van der Waals surface area contributed by atoms with E-state index in [0.29, 0.717) is 6.54 Å². The fourth-order valence-corrected chi connectivity index (χ4v) is 2.01. The molecule has 20 heavy (non-hydrogen) atoms. The van der Waals surface area contributed by atoms with Gasteiger partial charge in [-0.3, -0.25) is 0 Å². The minimum Gasteiger partial charge on any atom is -0.493 e. The molecule has 0 atom stereocenters. The highest BCUT2D eigenvalue weighted by Gasteiger charge is 2.05. The average molecular weight is 272 g/mol. The zero-order valence-electron chi connectivity index (χ0n) is 12.1.